The van der Waals surface area contributed by atoms with Crippen molar-refractivity contribution in [1.29, 1.82) is 0 Å². The summed E-state index contributed by atoms with van der Waals surface area (Å²) in [6.07, 6.45) is 87.5. The van der Waals surface area contributed by atoms with E-state index in [0.717, 1.165) is 128 Å². The molecule has 6 heteroatoms. The van der Waals surface area contributed by atoms with Crippen molar-refractivity contribution in [2.75, 3.05) is 13.2 Å². The van der Waals surface area contributed by atoms with Crippen LogP contribution < -0.4 is 0 Å². The Balaban J connectivity index is 4.28. The van der Waals surface area contributed by atoms with Crippen molar-refractivity contribution < 1.29 is 28.6 Å². The summed E-state index contributed by atoms with van der Waals surface area (Å²) in [6, 6.07) is 0. The second-order valence-corrected chi connectivity index (χ2v) is 19.9. The van der Waals surface area contributed by atoms with Crippen LogP contribution in [0, 0.1) is 0 Å². The molecule has 0 aliphatic heterocycles. The molecule has 0 heterocycles. The first-order chi connectivity index (χ1) is 37.0. The van der Waals surface area contributed by atoms with Gasteiger partial charge in [0.15, 0.2) is 6.10 Å². The number of esters is 3. The summed E-state index contributed by atoms with van der Waals surface area (Å²) >= 11 is 0. The number of carbonyl (C=O) groups is 3. The Morgan fingerprint density at radius 1 is 0.280 bits per heavy atom. The first-order valence-corrected chi connectivity index (χ1v) is 30.7. The van der Waals surface area contributed by atoms with Crippen molar-refractivity contribution in [1.82, 2.24) is 0 Å². The molecular formula is C69H112O6. The predicted molar refractivity (Wildman–Crippen MR) is 325 cm³/mol. The molecule has 0 aromatic heterocycles. The summed E-state index contributed by atoms with van der Waals surface area (Å²) in [6.45, 7) is 6.36. The maximum atomic E-state index is 12.8. The Hall–Kier alpha value is -4.45. The molecular weight excluding hydrogens is 925 g/mol. The zero-order valence-corrected chi connectivity index (χ0v) is 48.5. The number of carbonyl (C=O) groups excluding carboxylic acids is 3. The van der Waals surface area contributed by atoms with Crippen molar-refractivity contribution >= 4 is 17.9 Å². The Morgan fingerprint density at radius 3 is 0.840 bits per heavy atom. The third kappa shape index (κ3) is 60.3. The fourth-order valence-electron chi connectivity index (χ4n) is 8.12. The van der Waals surface area contributed by atoms with E-state index in [1.54, 1.807) is 0 Å². The van der Waals surface area contributed by atoms with E-state index in [2.05, 4.69) is 154 Å². The highest BCUT2D eigenvalue weighted by Crippen LogP contribution is 2.15. The van der Waals surface area contributed by atoms with Gasteiger partial charge in [0, 0.05) is 19.3 Å². The van der Waals surface area contributed by atoms with Crippen LogP contribution in [0.2, 0.25) is 0 Å². The molecule has 0 spiro atoms. The summed E-state index contributed by atoms with van der Waals surface area (Å²) in [7, 11) is 0. The Kier molecular flexibility index (Phi) is 58.4. The Morgan fingerprint density at radius 2 is 0.520 bits per heavy atom. The lowest BCUT2D eigenvalue weighted by Crippen LogP contribution is -2.30. The quantitative estimate of drug-likeness (QED) is 0.0261. The van der Waals surface area contributed by atoms with E-state index in [1.165, 1.54) is 89.9 Å². The second kappa shape index (κ2) is 62.1. The fourth-order valence-corrected chi connectivity index (χ4v) is 8.12. The summed E-state index contributed by atoms with van der Waals surface area (Å²) in [4.78, 5) is 38.1. The zero-order valence-electron chi connectivity index (χ0n) is 48.5. The lowest BCUT2D eigenvalue weighted by Gasteiger charge is -2.18. The SMILES string of the molecule is CC/C=C\C/C=C\C/C=C\C/C=C\C/C=C\C/C=C\C/C=C\CCCCCCCCCCCC(=O)OCC(COC(=O)CCCCCCCCCCCCC)OC(=O)CCCC/C=C\C/C=C\C/C=C\C/C=C\CC. The molecule has 1 atom stereocenters. The van der Waals surface area contributed by atoms with Crippen LogP contribution in [0.15, 0.2) is 134 Å². The number of hydrogen-bond acceptors (Lipinski definition) is 6. The van der Waals surface area contributed by atoms with Gasteiger partial charge in [0.25, 0.3) is 0 Å². The van der Waals surface area contributed by atoms with Gasteiger partial charge in [-0.3, -0.25) is 14.4 Å². The van der Waals surface area contributed by atoms with Crippen LogP contribution in [0.1, 0.15) is 265 Å². The smallest absolute Gasteiger partial charge is 0.306 e. The zero-order chi connectivity index (χ0) is 54.3. The van der Waals surface area contributed by atoms with Crippen LogP contribution in [0.3, 0.4) is 0 Å². The van der Waals surface area contributed by atoms with Gasteiger partial charge in [-0.25, -0.2) is 0 Å². The van der Waals surface area contributed by atoms with Crippen molar-refractivity contribution in [3.63, 3.8) is 0 Å². The standard InChI is InChI=1S/C69H112O6/c1-4-7-10-13-16-19-22-24-26-27-28-29-30-31-32-33-34-35-36-37-38-39-40-41-43-44-47-50-53-56-59-62-68(71)74-65-66(64-73-67(70)61-58-55-52-49-46-21-18-15-12-9-6-3)75-69(72)63-60-57-54-51-48-45-42-25-23-20-17-14-11-8-5-2/h7-8,10-11,16-17,19-20,24-26,28-29,31-32,34-35,37-38,42,48,51,66H,4-6,9,12-15,18,21-23,27,30,33,36,39-41,43-47,49-50,52-65H2,1-3H3/b10-7-,11-8-,19-16-,20-17-,26-24-,29-28-,32-31-,35-34-,38-37-,42-25-,51-48-. The number of unbranched alkanes of at least 4 members (excludes halogenated alkanes) is 21. The van der Waals surface area contributed by atoms with Crippen molar-refractivity contribution in [3.05, 3.63) is 134 Å². The van der Waals surface area contributed by atoms with E-state index in [4.69, 9.17) is 14.2 Å². The topological polar surface area (TPSA) is 78.9 Å². The minimum atomic E-state index is -0.804. The number of rotatable bonds is 54. The van der Waals surface area contributed by atoms with Crippen LogP contribution in [0.25, 0.3) is 0 Å². The summed E-state index contributed by atoms with van der Waals surface area (Å²) in [5, 5.41) is 0. The Labute approximate surface area is 462 Å². The molecule has 6 nitrogen and oxygen atoms in total. The molecule has 0 radical (unpaired) electrons. The highest BCUT2D eigenvalue weighted by molar-refractivity contribution is 5.71. The first kappa shape index (κ1) is 70.5. The molecule has 0 aliphatic carbocycles. The molecule has 0 saturated heterocycles. The molecule has 0 amide bonds. The average Bonchev–Trinajstić information content (AvgIpc) is 3.41. The highest BCUT2D eigenvalue weighted by Gasteiger charge is 2.19. The maximum absolute atomic E-state index is 12.8. The van der Waals surface area contributed by atoms with Crippen LogP contribution in [-0.2, 0) is 28.6 Å². The highest BCUT2D eigenvalue weighted by atomic mass is 16.6. The molecule has 0 aromatic rings. The van der Waals surface area contributed by atoms with Gasteiger partial charge >= 0.3 is 17.9 Å². The largest absolute Gasteiger partial charge is 0.462 e. The maximum Gasteiger partial charge on any atom is 0.306 e. The van der Waals surface area contributed by atoms with Crippen LogP contribution in [0.4, 0.5) is 0 Å². The minimum Gasteiger partial charge on any atom is -0.462 e. The van der Waals surface area contributed by atoms with Gasteiger partial charge in [-0.2, -0.15) is 0 Å². The molecule has 0 aromatic carbocycles. The monoisotopic (exact) mass is 1040 g/mol. The van der Waals surface area contributed by atoms with Gasteiger partial charge < -0.3 is 14.2 Å². The molecule has 0 fully saturated rings. The third-order valence-corrected chi connectivity index (χ3v) is 12.7. The van der Waals surface area contributed by atoms with E-state index in [1.807, 2.05) is 0 Å². The van der Waals surface area contributed by atoms with Gasteiger partial charge in [-0.05, 0) is 116 Å². The normalized spacial score (nSPS) is 13.1. The van der Waals surface area contributed by atoms with Crippen LogP contribution in [0.5, 0.6) is 0 Å². The number of ether oxygens (including phenoxy) is 3. The molecule has 0 rings (SSSR count). The molecule has 0 N–H and O–H groups in total. The van der Waals surface area contributed by atoms with Gasteiger partial charge in [0.1, 0.15) is 13.2 Å². The van der Waals surface area contributed by atoms with E-state index < -0.39 is 6.10 Å². The van der Waals surface area contributed by atoms with Crippen molar-refractivity contribution in [3.8, 4) is 0 Å². The van der Waals surface area contributed by atoms with E-state index in [9.17, 15) is 14.4 Å². The lowest BCUT2D eigenvalue weighted by molar-refractivity contribution is -0.167. The molecule has 1 unspecified atom stereocenters. The average molecular weight is 1040 g/mol. The van der Waals surface area contributed by atoms with Gasteiger partial charge in [-0.15, -0.1) is 0 Å². The summed E-state index contributed by atoms with van der Waals surface area (Å²) in [5.74, 6) is -0.948. The van der Waals surface area contributed by atoms with Gasteiger partial charge in [0.2, 0.25) is 0 Å². The molecule has 0 bridgehead atoms. The fraction of sp³-hybridized carbons (Fsp3) is 0.638. The van der Waals surface area contributed by atoms with Crippen LogP contribution >= 0.6 is 0 Å². The molecule has 0 saturated carbocycles. The van der Waals surface area contributed by atoms with Crippen LogP contribution in [-0.4, -0.2) is 37.2 Å². The van der Waals surface area contributed by atoms with Crippen molar-refractivity contribution in [2.24, 2.45) is 0 Å². The second-order valence-electron chi connectivity index (χ2n) is 19.9. The lowest BCUT2D eigenvalue weighted by atomic mass is 10.1. The van der Waals surface area contributed by atoms with Gasteiger partial charge in [-0.1, -0.05) is 264 Å². The molecule has 0 aliphatic rings. The van der Waals surface area contributed by atoms with Crippen molar-refractivity contribution in [2.45, 2.75) is 271 Å². The molecule has 75 heavy (non-hydrogen) atoms. The van der Waals surface area contributed by atoms with Gasteiger partial charge in [0.05, 0.1) is 0 Å². The summed E-state index contributed by atoms with van der Waals surface area (Å²) < 4.78 is 16.8. The van der Waals surface area contributed by atoms with E-state index >= 15 is 0 Å². The predicted octanol–water partition coefficient (Wildman–Crippen LogP) is 21.0. The third-order valence-electron chi connectivity index (χ3n) is 12.7. The van der Waals surface area contributed by atoms with E-state index in [0.29, 0.717) is 19.3 Å². The van der Waals surface area contributed by atoms with E-state index in [-0.39, 0.29) is 37.5 Å². The Bertz CT molecular complexity index is 1620. The minimum absolute atomic E-state index is 0.0976. The number of allylic oxidation sites excluding steroid dienone is 22. The summed E-state index contributed by atoms with van der Waals surface area (Å²) in [5.41, 5.74) is 0. The molecule has 424 valence electrons. The first-order valence-electron chi connectivity index (χ1n) is 30.7. The number of hydrogen-bond donors (Lipinski definition) is 0.